The fourth-order valence-electron chi connectivity index (χ4n) is 1.49. The molecule has 1 aromatic carbocycles. The Hall–Kier alpha value is -0.570. The van der Waals surface area contributed by atoms with Crippen LogP contribution in [0.4, 0.5) is 0 Å². The van der Waals surface area contributed by atoms with Crippen LogP contribution in [0, 0.1) is 0 Å². The molecule has 0 aliphatic heterocycles. The summed E-state index contributed by atoms with van der Waals surface area (Å²) in [5.41, 5.74) is 7.41. The van der Waals surface area contributed by atoms with Crippen molar-refractivity contribution in [2.24, 2.45) is 5.73 Å². The van der Waals surface area contributed by atoms with Crippen LogP contribution in [0.25, 0.3) is 0 Å². The van der Waals surface area contributed by atoms with Gasteiger partial charge in [0.25, 0.3) is 0 Å². The minimum atomic E-state index is -0.508. The van der Waals surface area contributed by atoms with Gasteiger partial charge in [0.05, 0.1) is 6.10 Å². The standard InChI is InChI=1S/C12H18ClNO/c1-8(2)9-5-10(7-11(13)6-9)12(15)3-4-14/h5-8,12,15H,3-4,14H2,1-2H3. The zero-order valence-electron chi connectivity index (χ0n) is 9.20. The highest BCUT2D eigenvalue weighted by molar-refractivity contribution is 6.30. The Labute approximate surface area is 96.1 Å². The predicted molar refractivity (Wildman–Crippen MR) is 64.2 cm³/mol. The first-order valence-corrected chi connectivity index (χ1v) is 5.61. The van der Waals surface area contributed by atoms with Crippen molar-refractivity contribution in [1.82, 2.24) is 0 Å². The Morgan fingerprint density at radius 2 is 1.87 bits per heavy atom. The van der Waals surface area contributed by atoms with Crippen LogP contribution in [0.15, 0.2) is 18.2 Å². The smallest absolute Gasteiger partial charge is 0.0802 e. The fourth-order valence-corrected chi connectivity index (χ4v) is 1.74. The molecule has 0 aromatic heterocycles. The molecule has 1 aromatic rings. The summed E-state index contributed by atoms with van der Waals surface area (Å²) in [6.45, 7) is 4.68. The minimum absolute atomic E-state index is 0.410. The van der Waals surface area contributed by atoms with E-state index >= 15 is 0 Å². The van der Waals surface area contributed by atoms with Crippen molar-refractivity contribution in [2.45, 2.75) is 32.3 Å². The number of aliphatic hydroxyl groups is 1. The third-order valence-electron chi connectivity index (χ3n) is 2.43. The van der Waals surface area contributed by atoms with Crippen molar-refractivity contribution in [3.05, 3.63) is 34.3 Å². The lowest BCUT2D eigenvalue weighted by Gasteiger charge is -2.13. The van der Waals surface area contributed by atoms with Crippen LogP contribution in [0.3, 0.4) is 0 Å². The molecule has 0 heterocycles. The van der Waals surface area contributed by atoms with Crippen molar-refractivity contribution in [1.29, 1.82) is 0 Å². The summed E-state index contributed by atoms with van der Waals surface area (Å²) in [4.78, 5) is 0. The third kappa shape index (κ3) is 3.49. The Morgan fingerprint density at radius 1 is 1.27 bits per heavy atom. The van der Waals surface area contributed by atoms with E-state index in [4.69, 9.17) is 17.3 Å². The van der Waals surface area contributed by atoms with Gasteiger partial charge in [0.15, 0.2) is 0 Å². The third-order valence-corrected chi connectivity index (χ3v) is 2.65. The first-order valence-electron chi connectivity index (χ1n) is 5.23. The number of benzene rings is 1. The summed E-state index contributed by atoms with van der Waals surface area (Å²) in [6, 6.07) is 5.73. The van der Waals surface area contributed by atoms with Gasteiger partial charge >= 0.3 is 0 Å². The van der Waals surface area contributed by atoms with Crippen LogP contribution in [-0.4, -0.2) is 11.7 Å². The summed E-state index contributed by atoms with van der Waals surface area (Å²) < 4.78 is 0. The van der Waals surface area contributed by atoms with Crippen LogP contribution >= 0.6 is 11.6 Å². The Kier molecular flexibility index (Phi) is 4.58. The molecule has 1 atom stereocenters. The summed E-state index contributed by atoms with van der Waals surface area (Å²) in [5, 5.41) is 10.5. The first-order chi connectivity index (χ1) is 7.04. The zero-order chi connectivity index (χ0) is 11.4. The zero-order valence-corrected chi connectivity index (χ0v) is 9.96. The molecule has 84 valence electrons. The van der Waals surface area contributed by atoms with Gasteiger partial charge in [0.2, 0.25) is 0 Å². The number of hydrogen-bond donors (Lipinski definition) is 2. The van der Waals surface area contributed by atoms with Crippen LogP contribution in [0.2, 0.25) is 5.02 Å². The molecule has 0 radical (unpaired) electrons. The number of halogens is 1. The molecule has 0 aliphatic rings. The van der Waals surface area contributed by atoms with Gasteiger partial charge in [-0.3, -0.25) is 0 Å². The maximum absolute atomic E-state index is 9.81. The van der Waals surface area contributed by atoms with Crippen molar-refractivity contribution in [3.63, 3.8) is 0 Å². The molecular weight excluding hydrogens is 210 g/mol. The summed E-state index contributed by atoms with van der Waals surface area (Å²) in [5.74, 6) is 0.410. The summed E-state index contributed by atoms with van der Waals surface area (Å²) in [7, 11) is 0. The van der Waals surface area contributed by atoms with E-state index < -0.39 is 6.10 Å². The highest BCUT2D eigenvalue weighted by Crippen LogP contribution is 2.26. The SMILES string of the molecule is CC(C)c1cc(Cl)cc(C(O)CCN)c1. The topological polar surface area (TPSA) is 46.2 Å². The van der Waals surface area contributed by atoms with E-state index in [-0.39, 0.29) is 0 Å². The molecule has 1 unspecified atom stereocenters. The van der Waals surface area contributed by atoms with Gasteiger partial charge in [0, 0.05) is 5.02 Å². The van der Waals surface area contributed by atoms with E-state index in [2.05, 4.69) is 13.8 Å². The second-order valence-corrected chi connectivity index (χ2v) is 4.50. The molecule has 3 N–H and O–H groups in total. The second kappa shape index (κ2) is 5.50. The molecule has 0 aliphatic carbocycles. The first kappa shape index (κ1) is 12.5. The molecule has 0 saturated heterocycles. The van der Waals surface area contributed by atoms with E-state index in [9.17, 15) is 5.11 Å². The molecule has 1 rings (SSSR count). The number of hydrogen-bond acceptors (Lipinski definition) is 2. The normalized spacial score (nSPS) is 13.2. The van der Waals surface area contributed by atoms with Gasteiger partial charge in [0.1, 0.15) is 0 Å². The van der Waals surface area contributed by atoms with Gasteiger partial charge in [-0.05, 0) is 42.1 Å². The van der Waals surface area contributed by atoms with Crippen molar-refractivity contribution >= 4 is 11.6 Å². The van der Waals surface area contributed by atoms with Crippen LogP contribution in [0.5, 0.6) is 0 Å². The summed E-state index contributed by atoms with van der Waals surface area (Å²) in [6.07, 6.45) is 0.0592. The molecule has 2 nitrogen and oxygen atoms in total. The van der Waals surface area contributed by atoms with Gasteiger partial charge in [-0.1, -0.05) is 31.5 Å². The molecule has 0 bridgehead atoms. The monoisotopic (exact) mass is 227 g/mol. The van der Waals surface area contributed by atoms with Gasteiger partial charge in [-0.2, -0.15) is 0 Å². The largest absolute Gasteiger partial charge is 0.388 e. The second-order valence-electron chi connectivity index (χ2n) is 4.07. The number of nitrogens with two attached hydrogens (primary N) is 1. The molecular formula is C12H18ClNO. The average molecular weight is 228 g/mol. The molecule has 3 heteroatoms. The van der Waals surface area contributed by atoms with E-state index in [1.165, 1.54) is 0 Å². The van der Waals surface area contributed by atoms with Crippen molar-refractivity contribution in [2.75, 3.05) is 6.54 Å². The Balaban J connectivity index is 2.98. The van der Waals surface area contributed by atoms with E-state index in [1.807, 2.05) is 12.1 Å². The van der Waals surface area contributed by atoms with E-state index in [0.29, 0.717) is 23.9 Å². The minimum Gasteiger partial charge on any atom is -0.388 e. The van der Waals surface area contributed by atoms with Gasteiger partial charge in [-0.25, -0.2) is 0 Å². The lowest BCUT2D eigenvalue weighted by atomic mass is 9.98. The molecule has 0 amide bonds. The van der Waals surface area contributed by atoms with E-state index in [0.717, 1.165) is 11.1 Å². The molecule has 0 fully saturated rings. The number of rotatable bonds is 4. The predicted octanol–water partition coefficient (Wildman–Crippen LogP) is 2.85. The lowest BCUT2D eigenvalue weighted by Crippen LogP contribution is -2.07. The van der Waals surface area contributed by atoms with Crippen LogP contribution < -0.4 is 5.73 Å². The van der Waals surface area contributed by atoms with Gasteiger partial charge in [-0.15, -0.1) is 0 Å². The molecule has 0 spiro atoms. The van der Waals surface area contributed by atoms with Crippen molar-refractivity contribution in [3.8, 4) is 0 Å². The lowest BCUT2D eigenvalue weighted by molar-refractivity contribution is 0.170. The van der Waals surface area contributed by atoms with Crippen LogP contribution in [-0.2, 0) is 0 Å². The van der Waals surface area contributed by atoms with E-state index in [1.54, 1.807) is 6.07 Å². The quantitative estimate of drug-likeness (QED) is 0.831. The number of aliphatic hydroxyl groups excluding tert-OH is 1. The average Bonchev–Trinajstić information content (AvgIpc) is 2.17. The highest BCUT2D eigenvalue weighted by Gasteiger charge is 2.10. The van der Waals surface area contributed by atoms with Crippen LogP contribution in [0.1, 0.15) is 43.4 Å². The van der Waals surface area contributed by atoms with Crippen molar-refractivity contribution < 1.29 is 5.11 Å². The van der Waals surface area contributed by atoms with Gasteiger partial charge < -0.3 is 10.8 Å². The maximum atomic E-state index is 9.81. The summed E-state index contributed by atoms with van der Waals surface area (Å²) >= 11 is 6.00. The molecule has 15 heavy (non-hydrogen) atoms. The Morgan fingerprint density at radius 3 is 2.40 bits per heavy atom. The highest BCUT2D eigenvalue weighted by atomic mass is 35.5. The Bertz CT molecular complexity index is 325. The molecule has 0 saturated carbocycles. The maximum Gasteiger partial charge on any atom is 0.0802 e. The fraction of sp³-hybridized carbons (Fsp3) is 0.500.